The van der Waals surface area contributed by atoms with E-state index in [0.29, 0.717) is 0 Å². The van der Waals surface area contributed by atoms with Crippen LogP contribution in [0.1, 0.15) is 39.0 Å². The molecule has 2 heterocycles. The molecule has 2 unspecified atom stereocenters. The summed E-state index contributed by atoms with van der Waals surface area (Å²) in [5.41, 5.74) is 6.38. The molecule has 94 valence electrons. The first kappa shape index (κ1) is 12.3. The van der Waals surface area contributed by atoms with Crippen LogP contribution < -0.4 is 5.73 Å². The summed E-state index contributed by atoms with van der Waals surface area (Å²) >= 11 is 0. The van der Waals surface area contributed by atoms with Gasteiger partial charge in [-0.2, -0.15) is 0 Å². The van der Waals surface area contributed by atoms with Crippen molar-refractivity contribution in [1.82, 2.24) is 9.80 Å². The molecule has 3 nitrogen and oxygen atoms in total. The third-order valence-electron chi connectivity index (χ3n) is 4.57. The van der Waals surface area contributed by atoms with E-state index in [-0.39, 0.29) is 5.54 Å². The molecule has 2 aliphatic rings. The molecule has 0 saturated carbocycles. The van der Waals surface area contributed by atoms with Crippen molar-refractivity contribution in [1.29, 1.82) is 0 Å². The van der Waals surface area contributed by atoms with Crippen molar-refractivity contribution < 1.29 is 0 Å². The monoisotopic (exact) mass is 225 g/mol. The lowest BCUT2D eigenvalue weighted by Gasteiger charge is -2.43. The van der Waals surface area contributed by atoms with Crippen LogP contribution in [-0.2, 0) is 0 Å². The van der Waals surface area contributed by atoms with Gasteiger partial charge >= 0.3 is 0 Å². The Kier molecular flexibility index (Phi) is 3.88. The summed E-state index contributed by atoms with van der Waals surface area (Å²) in [5.74, 6) is 0. The summed E-state index contributed by atoms with van der Waals surface area (Å²) in [6.07, 6.45) is 6.76. The van der Waals surface area contributed by atoms with Crippen molar-refractivity contribution >= 4 is 0 Å². The molecular weight excluding hydrogens is 198 g/mol. The van der Waals surface area contributed by atoms with Crippen LogP contribution in [0.15, 0.2) is 0 Å². The first-order valence-electron chi connectivity index (χ1n) is 6.83. The van der Waals surface area contributed by atoms with Crippen LogP contribution in [0.2, 0.25) is 0 Å². The van der Waals surface area contributed by atoms with Gasteiger partial charge in [0.15, 0.2) is 0 Å². The Hall–Kier alpha value is -0.120. The smallest absolute Gasteiger partial charge is 0.0473 e. The van der Waals surface area contributed by atoms with E-state index in [4.69, 9.17) is 5.73 Å². The number of hydrogen-bond acceptors (Lipinski definition) is 3. The van der Waals surface area contributed by atoms with Crippen molar-refractivity contribution in [3.8, 4) is 0 Å². The van der Waals surface area contributed by atoms with Crippen molar-refractivity contribution in [2.45, 2.75) is 50.6 Å². The second-order valence-electron chi connectivity index (χ2n) is 5.81. The molecule has 0 aromatic carbocycles. The van der Waals surface area contributed by atoms with Crippen molar-refractivity contribution in [2.24, 2.45) is 5.73 Å². The number of likely N-dealkylation sites (N-methyl/N-ethyl adjacent to an activating group) is 1. The molecule has 2 fully saturated rings. The highest BCUT2D eigenvalue weighted by Gasteiger charge is 2.42. The molecule has 0 radical (unpaired) electrons. The van der Waals surface area contributed by atoms with E-state index < -0.39 is 0 Å². The zero-order chi connectivity index (χ0) is 11.6. The van der Waals surface area contributed by atoms with E-state index >= 15 is 0 Å². The number of nitrogens with zero attached hydrogens (tertiary/aromatic N) is 2. The fraction of sp³-hybridized carbons (Fsp3) is 1.00. The van der Waals surface area contributed by atoms with E-state index in [9.17, 15) is 0 Å². The van der Waals surface area contributed by atoms with Crippen LogP contribution in [0.25, 0.3) is 0 Å². The lowest BCUT2D eigenvalue weighted by atomic mass is 9.93. The van der Waals surface area contributed by atoms with Gasteiger partial charge < -0.3 is 10.6 Å². The van der Waals surface area contributed by atoms with Gasteiger partial charge in [-0.25, -0.2) is 0 Å². The van der Waals surface area contributed by atoms with Crippen LogP contribution in [0.4, 0.5) is 0 Å². The van der Waals surface area contributed by atoms with E-state index in [1.54, 1.807) is 0 Å². The van der Waals surface area contributed by atoms with Gasteiger partial charge in [-0.15, -0.1) is 0 Å². The Morgan fingerprint density at radius 3 is 2.69 bits per heavy atom. The van der Waals surface area contributed by atoms with Gasteiger partial charge in [0.1, 0.15) is 0 Å². The van der Waals surface area contributed by atoms with Gasteiger partial charge in [0, 0.05) is 24.7 Å². The fourth-order valence-electron chi connectivity index (χ4n) is 3.56. The summed E-state index contributed by atoms with van der Waals surface area (Å²) in [6.45, 7) is 6.84. The SMILES string of the molecule is CC1CCCCCN1C1(CN)CCN(C)C1. The predicted molar refractivity (Wildman–Crippen MR) is 68.5 cm³/mol. The lowest BCUT2D eigenvalue weighted by molar-refractivity contribution is 0.0647. The Morgan fingerprint density at radius 1 is 1.25 bits per heavy atom. The molecule has 2 N–H and O–H groups in total. The molecule has 0 amide bonds. The third kappa shape index (κ3) is 2.27. The third-order valence-corrected chi connectivity index (χ3v) is 4.57. The van der Waals surface area contributed by atoms with Crippen LogP contribution in [-0.4, -0.2) is 54.6 Å². The maximum Gasteiger partial charge on any atom is 0.0473 e. The highest BCUT2D eigenvalue weighted by atomic mass is 15.3. The molecule has 0 aliphatic carbocycles. The quantitative estimate of drug-likeness (QED) is 0.768. The van der Waals surface area contributed by atoms with Gasteiger partial charge in [-0.05, 0) is 46.3 Å². The molecule has 16 heavy (non-hydrogen) atoms. The molecule has 0 spiro atoms. The van der Waals surface area contributed by atoms with E-state index in [1.165, 1.54) is 45.2 Å². The molecule has 3 heteroatoms. The first-order chi connectivity index (χ1) is 7.68. The minimum Gasteiger partial charge on any atom is -0.329 e. The predicted octanol–water partition coefficient (Wildman–Crippen LogP) is 1.28. The van der Waals surface area contributed by atoms with Gasteiger partial charge in [0.05, 0.1) is 0 Å². The summed E-state index contributed by atoms with van der Waals surface area (Å²) in [5, 5.41) is 0. The summed E-state index contributed by atoms with van der Waals surface area (Å²) in [7, 11) is 2.22. The molecule has 2 rings (SSSR count). The van der Waals surface area contributed by atoms with Crippen LogP contribution in [0, 0.1) is 0 Å². The average Bonchev–Trinajstić information content (AvgIpc) is 2.52. The summed E-state index contributed by atoms with van der Waals surface area (Å²) in [4.78, 5) is 5.16. The Bertz CT molecular complexity index is 231. The number of nitrogens with two attached hydrogens (primary N) is 1. The summed E-state index contributed by atoms with van der Waals surface area (Å²) in [6, 6.07) is 0.720. The van der Waals surface area contributed by atoms with E-state index in [2.05, 4.69) is 23.8 Å². The Labute approximate surface area is 100.0 Å². The average molecular weight is 225 g/mol. The maximum absolute atomic E-state index is 6.11. The molecule has 2 saturated heterocycles. The maximum atomic E-state index is 6.11. The molecule has 0 aromatic heterocycles. The molecular formula is C13H27N3. The van der Waals surface area contributed by atoms with Crippen LogP contribution >= 0.6 is 0 Å². The van der Waals surface area contributed by atoms with Crippen molar-refractivity contribution in [3.05, 3.63) is 0 Å². The molecule has 2 atom stereocenters. The Morgan fingerprint density at radius 2 is 2.06 bits per heavy atom. The summed E-state index contributed by atoms with van der Waals surface area (Å²) < 4.78 is 0. The zero-order valence-electron chi connectivity index (χ0n) is 10.9. The second kappa shape index (κ2) is 5.03. The number of rotatable bonds is 2. The van der Waals surface area contributed by atoms with E-state index in [1.807, 2.05) is 0 Å². The highest BCUT2D eigenvalue weighted by Crippen LogP contribution is 2.31. The zero-order valence-corrected chi connectivity index (χ0v) is 10.9. The highest BCUT2D eigenvalue weighted by molar-refractivity contribution is 5.01. The minimum absolute atomic E-state index is 0.276. The minimum atomic E-state index is 0.276. The lowest BCUT2D eigenvalue weighted by Crippen LogP contribution is -2.58. The van der Waals surface area contributed by atoms with Crippen molar-refractivity contribution in [3.63, 3.8) is 0 Å². The standard InChI is InChI=1S/C13H27N3/c1-12-6-4-3-5-8-16(12)13(10-14)7-9-15(2)11-13/h12H,3-11,14H2,1-2H3. The number of likely N-dealkylation sites (tertiary alicyclic amines) is 2. The second-order valence-corrected chi connectivity index (χ2v) is 5.81. The topological polar surface area (TPSA) is 32.5 Å². The van der Waals surface area contributed by atoms with Gasteiger partial charge in [-0.3, -0.25) is 4.90 Å². The molecule has 0 bridgehead atoms. The largest absolute Gasteiger partial charge is 0.329 e. The van der Waals surface area contributed by atoms with Gasteiger partial charge in [0.2, 0.25) is 0 Å². The van der Waals surface area contributed by atoms with Gasteiger partial charge in [-0.1, -0.05) is 12.8 Å². The fourth-order valence-corrected chi connectivity index (χ4v) is 3.56. The normalized spacial score (nSPS) is 38.8. The molecule has 0 aromatic rings. The molecule has 2 aliphatic heterocycles. The Balaban J connectivity index is 2.12. The van der Waals surface area contributed by atoms with Crippen molar-refractivity contribution in [2.75, 3.05) is 33.2 Å². The number of hydrogen-bond donors (Lipinski definition) is 1. The van der Waals surface area contributed by atoms with Crippen LogP contribution in [0.5, 0.6) is 0 Å². The van der Waals surface area contributed by atoms with Gasteiger partial charge in [0.25, 0.3) is 0 Å². The first-order valence-corrected chi connectivity index (χ1v) is 6.83. The van der Waals surface area contributed by atoms with E-state index in [0.717, 1.165) is 19.1 Å². The van der Waals surface area contributed by atoms with Crippen LogP contribution in [0.3, 0.4) is 0 Å².